The van der Waals surface area contributed by atoms with E-state index in [1.807, 2.05) is 0 Å². The van der Waals surface area contributed by atoms with Crippen molar-refractivity contribution in [3.63, 3.8) is 0 Å². The van der Waals surface area contributed by atoms with Crippen molar-refractivity contribution in [3.05, 3.63) is 22.2 Å². The third-order valence-electron chi connectivity index (χ3n) is 3.83. The van der Waals surface area contributed by atoms with Gasteiger partial charge in [-0.15, -0.1) is 0 Å². The summed E-state index contributed by atoms with van der Waals surface area (Å²) < 4.78 is 10.9. The summed E-state index contributed by atoms with van der Waals surface area (Å²) >= 11 is 0. The molecule has 1 aromatic rings. The van der Waals surface area contributed by atoms with Gasteiger partial charge in [-0.05, 0) is 25.8 Å². The number of nitro groups is 1. The number of rotatable bonds is 5. The van der Waals surface area contributed by atoms with Gasteiger partial charge in [0, 0.05) is 18.7 Å². The Hall–Kier alpha value is -2.02. The number of hydrogen-bond donors (Lipinski definition) is 2. The summed E-state index contributed by atoms with van der Waals surface area (Å²) in [5.74, 6) is 1.00. The van der Waals surface area contributed by atoms with Crippen molar-refractivity contribution in [3.8, 4) is 11.5 Å². The van der Waals surface area contributed by atoms with Crippen LogP contribution in [0.1, 0.15) is 19.3 Å². The molecular weight excluding hydrogens is 274 g/mol. The van der Waals surface area contributed by atoms with Crippen LogP contribution in [0, 0.1) is 10.1 Å². The van der Waals surface area contributed by atoms with Crippen molar-refractivity contribution in [2.75, 3.05) is 31.6 Å². The molecule has 3 rings (SSSR count). The molecule has 1 aromatic carbocycles. The quantitative estimate of drug-likeness (QED) is 0.637. The minimum absolute atomic E-state index is 0.0265. The molecule has 21 heavy (non-hydrogen) atoms. The summed E-state index contributed by atoms with van der Waals surface area (Å²) in [6.07, 6.45) is 3.32. The van der Waals surface area contributed by atoms with E-state index in [0.29, 0.717) is 43.0 Å². The van der Waals surface area contributed by atoms with Gasteiger partial charge in [0.2, 0.25) is 0 Å². The maximum atomic E-state index is 11.2. The molecule has 1 atom stereocenters. The lowest BCUT2D eigenvalue weighted by molar-refractivity contribution is -0.384. The third kappa shape index (κ3) is 3.18. The molecule has 0 amide bonds. The highest BCUT2D eigenvalue weighted by atomic mass is 16.6. The average Bonchev–Trinajstić information content (AvgIpc) is 2.99. The maximum Gasteiger partial charge on any atom is 0.296 e. The van der Waals surface area contributed by atoms with Crippen LogP contribution in [-0.4, -0.2) is 37.3 Å². The Morgan fingerprint density at radius 3 is 2.76 bits per heavy atom. The normalized spacial score (nSPS) is 20.3. The fraction of sp³-hybridized carbons (Fsp3) is 0.571. The molecule has 1 fully saturated rings. The maximum absolute atomic E-state index is 11.2. The zero-order valence-corrected chi connectivity index (χ0v) is 11.8. The SMILES string of the molecule is O=[N+]([O-])c1cc2c(cc1NCCC1CCCN1)OCCO2. The summed E-state index contributed by atoms with van der Waals surface area (Å²) in [6, 6.07) is 3.60. The first-order valence-electron chi connectivity index (χ1n) is 7.29. The monoisotopic (exact) mass is 293 g/mol. The summed E-state index contributed by atoms with van der Waals surface area (Å²) in [6.45, 7) is 2.65. The third-order valence-corrected chi connectivity index (χ3v) is 3.83. The van der Waals surface area contributed by atoms with Crippen LogP contribution in [-0.2, 0) is 0 Å². The van der Waals surface area contributed by atoms with E-state index in [1.54, 1.807) is 6.07 Å². The fourth-order valence-electron chi connectivity index (χ4n) is 2.75. The Morgan fingerprint density at radius 2 is 2.10 bits per heavy atom. The highest BCUT2D eigenvalue weighted by Gasteiger charge is 2.22. The molecule has 2 N–H and O–H groups in total. The number of nitrogens with one attached hydrogen (secondary N) is 2. The lowest BCUT2D eigenvalue weighted by Gasteiger charge is -2.19. The molecule has 2 heterocycles. The van der Waals surface area contributed by atoms with E-state index >= 15 is 0 Å². The van der Waals surface area contributed by atoms with Crippen LogP contribution < -0.4 is 20.1 Å². The lowest BCUT2D eigenvalue weighted by Crippen LogP contribution is -2.24. The Labute approximate surface area is 122 Å². The molecular formula is C14H19N3O4. The summed E-state index contributed by atoms with van der Waals surface area (Å²) in [7, 11) is 0. The molecule has 0 spiro atoms. The van der Waals surface area contributed by atoms with Crippen LogP contribution in [0.3, 0.4) is 0 Å². The van der Waals surface area contributed by atoms with Crippen LogP contribution in [0.25, 0.3) is 0 Å². The Kier molecular flexibility index (Phi) is 4.10. The minimum atomic E-state index is -0.394. The summed E-state index contributed by atoms with van der Waals surface area (Å²) in [5.41, 5.74) is 0.515. The molecule has 1 unspecified atom stereocenters. The highest BCUT2D eigenvalue weighted by Crippen LogP contribution is 2.39. The van der Waals surface area contributed by atoms with Crippen LogP contribution in [0.2, 0.25) is 0 Å². The minimum Gasteiger partial charge on any atom is -0.486 e. The van der Waals surface area contributed by atoms with Crippen molar-refractivity contribution >= 4 is 11.4 Å². The molecule has 7 nitrogen and oxygen atoms in total. The predicted octanol–water partition coefficient (Wildman–Crippen LogP) is 1.92. The van der Waals surface area contributed by atoms with Gasteiger partial charge in [0.1, 0.15) is 18.9 Å². The Morgan fingerprint density at radius 1 is 1.33 bits per heavy atom. The first-order valence-corrected chi connectivity index (χ1v) is 7.29. The summed E-state index contributed by atoms with van der Waals surface area (Å²) in [5, 5.41) is 17.7. The smallest absolute Gasteiger partial charge is 0.296 e. The van der Waals surface area contributed by atoms with Crippen LogP contribution >= 0.6 is 0 Å². The van der Waals surface area contributed by atoms with Crippen LogP contribution in [0.15, 0.2) is 12.1 Å². The number of nitrogens with zero attached hydrogens (tertiary/aromatic N) is 1. The number of fused-ring (bicyclic) bond motifs is 1. The molecule has 0 aromatic heterocycles. The van der Waals surface area contributed by atoms with Crippen molar-refractivity contribution in [2.45, 2.75) is 25.3 Å². The number of anilines is 1. The highest BCUT2D eigenvalue weighted by molar-refractivity contribution is 5.68. The van der Waals surface area contributed by atoms with Gasteiger partial charge >= 0.3 is 0 Å². The predicted molar refractivity (Wildman–Crippen MR) is 78.2 cm³/mol. The van der Waals surface area contributed by atoms with Gasteiger partial charge in [0.15, 0.2) is 11.5 Å². The largest absolute Gasteiger partial charge is 0.486 e. The first kappa shape index (κ1) is 13.9. The molecule has 0 saturated carbocycles. The second-order valence-corrected chi connectivity index (χ2v) is 5.28. The van der Waals surface area contributed by atoms with E-state index in [1.165, 1.54) is 18.9 Å². The van der Waals surface area contributed by atoms with Gasteiger partial charge in [-0.25, -0.2) is 0 Å². The standard InChI is InChI=1S/C14H19N3O4/c18-17(19)12-9-14-13(20-6-7-21-14)8-11(12)16-5-3-10-2-1-4-15-10/h8-10,15-16H,1-7H2. The second kappa shape index (κ2) is 6.17. The zero-order chi connectivity index (χ0) is 14.7. The number of nitro benzene ring substituents is 1. The topological polar surface area (TPSA) is 85.7 Å². The average molecular weight is 293 g/mol. The number of ether oxygens (including phenoxy) is 2. The van der Waals surface area contributed by atoms with E-state index in [4.69, 9.17) is 9.47 Å². The van der Waals surface area contributed by atoms with Crippen LogP contribution in [0.4, 0.5) is 11.4 Å². The van der Waals surface area contributed by atoms with E-state index in [2.05, 4.69) is 10.6 Å². The Balaban J connectivity index is 1.71. The van der Waals surface area contributed by atoms with E-state index in [-0.39, 0.29) is 5.69 Å². The lowest BCUT2D eigenvalue weighted by atomic mass is 10.1. The number of hydrogen-bond acceptors (Lipinski definition) is 6. The van der Waals surface area contributed by atoms with Gasteiger partial charge in [-0.1, -0.05) is 0 Å². The van der Waals surface area contributed by atoms with Gasteiger partial charge in [0.05, 0.1) is 11.0 Å². The van der Waals surface area contributed by atoms with E-state index in [9.17, 15) is 10.1 Å². The van der Waals surface area contributed by atoms with Gasteiger partial charge in [-0.3, -0.25) is 10.1 Å². The molecule has 7 heteroatoms. The van der Waals surface area contributed by atoms with Crippen molar-refractivity contribution in [1.29, 1.82) is 0 Å². The Bertz CT molecular complexity index is 529. The molecule has 0 bridgehead atoms. The number of benzene rings is 1. The second-order valence-electron chi connectivity index (χ2n) is 5.28. The first-order chi connectivity index (χ1) is 10.2. The summed E-state index contributed by atoms with van der Waals surface area (Å²) in [4.78, 5) is 10.8. The molecule has 114 valence electrons. The molecule has 0 aliphatic carbocycles. The zero-order valence-electron chi connectivity index (χ0n) is 11.8. The van der Waals surface area contributed by atoms with E-state index < -0.39 is 4.92 Å². The van der Waals surface area contributed by atoms with Crippen LogP contribution in [0.5, 0.6) is 11.5 Å². The van der Waals surface area contributed by atoms with Gasteiger partial charge in [0.25, 0.3) is 5.69 Å². The van der Waals surface area contributed by atoms with Crippen molar-refractivity contribution in [2.24, 2.45) is 0 Å². The molecule has 1 saturated heterocycles. The molecule has 2 aliphatic heterocycles. The van der Waals surface area contributed by atoms with Gasteiger partial charge in [-0.2, -0.15) is 0 Å². The fourth-order valence-corrected chi connectivity index (χ4v) is 2.75. The molecule has 0 radical (unpaired) electrons. The van der Waals surface area contributed by atoms with Crippen molar-refractivity contribution in [1.82, 2.24) is 5.32 Å². The molecule has 2 aliphatic rings. The van der Waals surface area contributed by atoms with E-state index in [0.717, 1.165) is 13.0 Å². The van der Waals surface area contributed by atoms with Gasteiger partial charge < -0.3 is 20.1 Å². The van der Waals surface area contributed by atoms with Crippen molar-refractivity contribution < 1.29 is 14.4 Å².